The van der Waals surface area contributed by atoms with Gasteiger partial charge >= 0.3 is 0 Å². The van der Waals surface area contributed by atoms with E-state index < -0.39 is 6.10 Å². The highest BCUT2D eigenvalue weighted by Crippen LogP contribution is 2.29. The average molecular weight is 282 g/mol. The summed E-state index contributed by atoms with van der Waals surface area (Å²) in [5.41, 5.74) is 2.20. The maximum atomic E-state index is 9.77. The van der Waals surface area contributed by atoms with Crippen LogP contribution in [-0.4, -0.2) is 9.67 Å². The molecule has 1 unspecified atom stereocenters. The highest BCUT2D eigenvalue weighted by molar-refractivity contribution is 9.10. The Labute approximate surface area is 104 Å². The van der Waals surface area contributed by atoms with Crippen LogP contribution in [0.25, 0.3) is 10.9 Å². The minimum atomic E-state index is -0.421. The van der Waals surface area contributed by atoms with Gasteiger partial charge in [0.15, 0.2) is 0 Å². The SMILES string of the molecule is CCCn1cc(C(C)O)c2cc(Br)ccc21. The van der Waals surface area contributed by atoms with E-state index in [0.29, 0.717) is 0 Å². The second kappa shape index (κ2) is 4.60. The molecule has 0 fully saturated rings. The van der Waals surface area contributed by atoms with E-state index in [2.05, 4.69) is 45.8 Å². The number of nitrogens with zero attached hydrogens (tertiary/aromatic N) is 1. The van der Waals surface area contributed by atoms with Crippen molar-refractivity contribution < 1.29 is 5.11 Å². The van der Waals surface area contributed by atoms with E-state index in [9.17, 15) is 5.11 Å². The first kappa shape index (κ1) is 11.7. The van der Waals surface area contributed by atoms with Gasteiger partial charge in [-0.1, -0.05) is 22.9 Å². The molecule has 2 nitrogen and oxygen atoms in total. The maximum Gasteiger partial charge on any atom is 0.0782 e. The van der Waals surface area contributed by atoms with Crippen LogP contribution in [0.4, 0.5) is 0 Å². The smallest absolute Gasteiger partial charge is 0.0782 e. The van der Waals surface area contributed by atoms with Crippen LogP contribution in [0.5, 0.6) is 0 Å². The Hall–Kier alpha value is -0.800. The third kappa shape index (κ3) is 2.02. The Morgan fingerprint density at radius 2 is 2.19 bits per heavy atom. The molecule has 0 radical (unpaired) electrons. The molecule has 1 atom stereocenters. The van der Waals surface area contributed by atoms with Crippen LogP contribution in [0.2, 0.25) is 0 Å². The fourth-order valence-electron chi connectivity index (χ4n) is 2.06. The Balaban J connectivity index is 2.66. The lowest BCUT2D eigenvalue weighted by atomic mass is 10.1. The lowest BCUT2D eigenvalue weighted by molar-refractivity contribution is 0.200. The molecular weight excluding hydrogens is 266 g/mol. The number of halogens is 1. The average Bonchev–Trinajstić information content (AvgIpc) is 2.57. The number of hydrogen-bond donors (Lipinski definition) is 1. The fourth-order valence-corrected chi connectivity index (χ4v) is 2.42. The number of aryl methyl sites for hydroxylation is 1. The van der Waals surface area contributed by atoms with E-state index in [-0.39, 0.29) is 0 Å². The minimum Gasteiger partial charge on any atom is -0.389 e. The van der Waals surface area contributed by atoms with Gasteiger partial charge < -0.3 is 9.67 Å². The van der Waals surface area contributed by atoms with Gasteiger partial charge in [0.2, 0.25) is 0 Å². The Kier molecular flexibility index (Phi) is 3.36. The van der Waals surface area contributed by atoms with Gasteiger partial charge in [0.05, 0.1) is 6.10 Å². The van der Waals surface area contributed by atoms with Crippen molar-refractivity contribution in [2.75, 3.05) is 0 Å². The van der Waals surface area contributed by atoms with Gasteiger partial charge in [-0.3, -0.25) is 0 Å². The normalized spacial score (nSPS) is 13.2. The van der Waals surface area contributed by atoms with Gasteiger partial charge in [0.1, 0.15) is 0 Å². The number of aliphatic hydroxyl groups excluding tert-OH is 1. The van der Waals surface area contributed by atoms with Crippen LogP contribution in [0.1, 0.15) is 31.9 Å². The zero-order valence-corrected chi connectivity index (χ0v) is 11.2. The van der Waals surface area contributed by atoms with Crippen molar-refractivity contribution in [3.8, 4) is 0 Å². The molecule has 1 N–H and O–H groups in total. The van der Waals surface area contributed by atoms with Crippen LogP contribution in [0.3, 0.4) is 0 Å². The molecule has 0 saturated heterocycles. The largest absolute Gasteiger partial charge is 0.389 e. The molecule has 0 saturated carbocycles. The zero-order valence-electron chi connectivity index (χ0n) is 9.57. The van der Waals surface area contributed by atoms with Crippen molar-refractivity contribution in [1.29, 1.82) is 0 Å². The van der Waals surface area contributed by atoms with Crippen molar-refractivity contribution in [3.63, 3.8) is 0 Å². The van der Waals surface area contributed by atoms with Crippen LogP contribution in [0.15, 0.2) is 28.9 Å². The Morgan fingerprint density at radius 3 is 2.81 bits per heavy atom. The summed E-state index contributed by atoms with van der Waals surface area (Å²) in [5, 5.41) is 10.9. The van der Waals surface area contributed by atoms with Gasteiger partial charge in [-0.05, 0) is 31.5 Å². The van der Waals surface area contributed by atoms with E-state index in [1.807, 2.05) is 13.0 Å². The lowest BCUT2D eigenvalue weighted by Crippen LogP contribution is -1.94. The van der Waals surface area contributed by atoms with E-state index in [4.69, 9.17) is 0 Å². The molecule has 0 spiro atoms. The van der Waals surface area contributed by atoms with Crippen LogP contribution >= 0.6 is 15.9 Å². The molecule has 0 aliphatic carbocycles. The molecule has 1 heterocycles. The monoisotopic (exact) mass is 281 g/mol. The number of aliphatic hydroxyl groups is 1. The number of fused-ring (bicyclic) bond motifs is 1. The topological polar surface area (TPSA) is 25.2 Å². The van der Waals surface area contributed by atoms with Gasteiger partial charge in [0, 0.05) is 33.7 Å². The molecule has 2 aromatic rings. The van der Waals surface area contributed by atoms with E-state index in [0.717, 1.165) is 28.4 Å². The number of aromatic nitrogens is 1. The Bertz CT molecular complexity index is 502. The standard InChI is InChI=1S/C13H16BrNO/c1-3-6-15-8-12(9(2)16)11-7-10(14)4-5-13(11)15/h4-5,7-9,16H,3,6H2,1-2H3. The van der Waals surface area contributed by atoms with Gasteiger partial charge in [-0.15, -0.1) is 0 Å². The van der Waals surface area contributed by atoms with E-state index >= 15 is 0 Å². The number of benzene rings is 1. The van der Waals surface area contributed by atoms with Crippen LogP contribution in [0, 0.1) is 0 Å². The molecular formula is C13H16BrNO. The molecule has 1 aromatic heterocycles. The molecule has 3 heteroatoms. The first-order chi connectivity index (χ1) is 7.63. The van der Waals surface area contributed by atoms with Crippen LogP contribution < -0.4 is 0 Å². The third-order valence-corrected chi connectivity index (χ3v) is 3.28. The summed E-state index contributed by atoms with van der Waals surface area (Å²) < 4.78 is 3.26. The summed E-state index contributed by atoms with van der Waals surface area (Å²) in [7, 11) is 0. The molecule has 0 aliphatic heterocycles. The summed E-state index contributed by atoms with van der Waals surface area (Å²) in [6.45, 7) is 4.96. The summed E-state index contributed by atoms with van der Waals surface area (Å²) in [4.78, 5) is 0. The van der Waals surface area contributed by atoms with Gasteiger partial charge in [-0.25, -0.2) is 0 Å². The summed E-state index contributed by atoms with van der Waals surface area (Å²) in [5.74, 6) is 0. The van der Waals surface area contributed by atoms with Crippen molar-refractivity contribution in [2.24, 2.45) is 0 Å². The lowest BCUT2D eigenvalue weighted by Gasteiger charge is -2.02. The fraction of sp³-hybridized carbons (Fsp3) is 0.385. The molecule has 0 aliphatic rings. The molecule has 16 heavy (non-hydrogen) atoms. The van der Waals surface area contributed by atoms with Crippen molar-refractivity contribution in [3.05, 3.63) is 34.4 Å². The highest BCUT2D eigenvalue weighted by Gasteiger charge is 2.12. The van der Waals surface area contributed by atoms with Crippen molar-refractivity contribution >= 4 is 26.8 Å². The predicted octanol–water partition coefficient (Wildman–Crippen LogP) is 3.87. The maximum absolute atomic E-state index is 9.77. The second-order valence-electron chi connectivity index (χ2n) is 4.12. The number of rotatable bonds is 3. The number of hydrogen-bond acceptors (Lipinski definition) is 1. The first-order valence-electron chi connectivity index (χ1n) is 5.60. The van der Waals surface area contributed by atoms with E-state index in [1.165, 1.54) is 5.52 Å². The molecule has 0 bridgehead atoms. The third-order valence-electron chi connectivity index (χ3n) is 2.79. The molecule has 86 valence electrons. The Morgan fingerprint density at radius 1 is 1.44 bits per heavy atom. The molecule has 1 aromatic carbocycles. The van der Waals surface area contributed by atoms with Crippen LogP contribution in [-0.2, 0) is 6.54 Å². The highest BCUT2D eigenvalue weighted by atomic mass is 79.9. The van der Waals surface area contributed by atoms with E-state index in [1.54, 1.807) is 0 Å². The van der Waals surface area contributed by atoms with Crippen molar-refractivity contribution in [1.82, 2.24) is 4.57 Å². The molecule has 2 rings (SSSR count). The second-order valence-corrected chi connectivity index (χ2v) is 5.03. The molecule has 0 amide bonds. The zero-order chi connectivity index (χ0) is 11.7. The van der Waals surface area contributed by atoms with Crippen molar-refractivity contribution in [2.45, 2.75) is 32.9 Å². The first-order valence-corrected chi connectivity index (χ1v) is 6.39. The predicted molar refractivity (Wildman–Crippen MR) is 70.6 cm³/mol. The minimum absolute atomic E-state index is 0.421. The van der Waals surface area contributed by atoms with Gasteiger partial charge in [0.25, 0.3) is 0 Å². The quantitative estimate of drug-likeness (QED) is 0.908. The summed E-state index contributed by atoms with van der Waals surface area (Å²) >= 11 is 3.47. The summed E-state index contributed by atoms with van der Waals surface area (Å²) in [6, 6.07) is 6.21. The van der Waals surface area contributed by atoms with Gasteiger partial charge in [-0.2, -0.15) is 0 Å². The summed E-state index contributed by atoms with van der Waals surface area (Å²) in [6.07, 6.45) is 2.74.